The molecule has 0 aliphatic heterocycles. The summed E-state index contributed by atoms with van der Waals surface area (Å²) in [4.78, 5) is 12.3. The molecule has 0 aromatic heterocycles. The van der Waals surface area contributed by atoms with Crippen molar-refractivity contribution in [3.8, 4) is 11.5 Å². The van der Waals surface area contributed by atoms with Crippen molar-refractivity contribution in [1.29, 1.82) is 0 Å². The Hall–Kier alpha value is -2.53. The molecule has 2 rings (SSSR count). The minimum absolute atomic E-state index is 0.199. The number of carbonyl (C=O) groups excluding carboxylic acids is 1. The SMILES string of the molecule is COc1ccc(C(=O)NCC(N)c2ccc(C(C)C)cc2)cc1OC. The van der Waals surface area contributed by atoms with Crippen LogP contribution in [-0.2, 0) is 0 Å². The van der Waals surface area contributed by atoms with E-state index in [4.69, 9.17) is 15.2 Å². The van der Waals surface area contributed by atoms with E-state index in [1.165, 1.54) is 12.7 Å². The standard InChI is InChI=1S/C20H26N2O3/c1-13(2)14-5-7-15(8-6-14)17(21)12-22-20(23)16-9-10-18(24-3)19(11-16)25-4/h5-11,13,17H,12,21H2,1-4H3,(H,22,23). The summed E-state index contributed by atoms with van der Waals surface area (Å²) in [5.41, 5.74) is 8.96. The highest BCUT2D eigenvalue weighted by Gasteiger charge is 2.13. The molecular weight excluding hydrogens is 316 g/mol. The van der Waals surface area contributed by atoms with Crippen LogP contribution in [0.3, 0.4) is 0 Å². The number of amides is 1. The third kappa shape index (κ3) is 4.73. The van der Waals surface area contributed by atoms with Crippen molar-refractivity contribution in [2.45, 2.75) is 25.8 Å². The van der Waals surface area contributed by atoms with E-state index in [0.29, 0.717) is 29.5 Å². The van der Waals surface area contributed by atoms with Gasteiger partial charge in [-0.1, -0.05) is 38.1 Å². The molecule has 0 spiro atoms. The van der Waals surface area contributed by atoms with Crippen molar-refractivity contribution in [3.63, 3.8) is 0 Å². The molecule has 1 unspecified atom stereocenters. The second-order valence-corrected chi connectivity index (χ2v) is 6.21. The van der Waals surface area contributed by atoms with Gasteiger partial charge < -0.3 is 20.5 Å². The van der Waals surface area contributed by atoms with Gasteiger partial charge in [-0.2, -0.15) is 0 Å². The molecule has 2 aromatic rings. The normalized spacial score (nSPS) is 11.9. The number of benzene rings is 2. The second-order valence-electron chi connectivity index (χ2n) is 6.21. The lowest BCUT2D eigenvalue weighted by molar-refractivity contribution is 0.0951. The van der Waals surface area contributed by atoms with Crippen LogP contribution >= 0.6 is 0 Å². The van der Waals surface area contributed by atoms with Gasteiger partial charge in [0.2, 0.25) is 0 Å². The Balaban J connectivity index is 1.99. The largest absolute Gasteiger partial charge is 0.493 e. The molecule has 1 atom stereocenters. The summed E-state index contributed by atoms with van der Waals surface area (Å²) in [5.74, 6) is 1.38. The van der Waals surface area contributed by atoms with Crippen molar-refractivity contribution in [2.75, 3.05) is 20.8 Å². The number of rotatable bonds is 7. The molecule has 0 aliphatic carbocycles. The summed E-state index contributed by atoms with van der Waals surface area (Å²) in [6.07, 6.45) is 0. The molecule has 2 aromatic carbocycles. The summed E-state index contributed by atoms with van der Waals surface area (Å²) in [5, 5.41) is 2.86. The number of methoxy groups -OCH3 is 2. The van der Waals surface area contributed by atoms with Gasteiger partial charge in [-0.25, -0.2) is 0 Å². The van der Waals surface area contributed by atoms with Crippen molar-refractivity contribution >= 4 is 5.91 Å². The van der Waals surface area contributed by atoms with E-state index in [0.717, 1.165) is 5.56 Å². The summed E-state index contributed by atoms with van der Waals surface area (Å²) in [6, 6.07) is 13.0. The summed E-state index contributed by atoms with van der Waals surface area (Å²) < 4.78 is 10.4. The smallest absolute Gasteiger partial charge is 0.251 e. The van der Waals surface area contributed by atoms with Crippen LogP contribution in [0.15, 0.2) is 42.5 Å². The van der Waals surface area contributed by atoms with Crippen LogP contribution in [0.5, 0.6) is 11.5 Å². The van der Waals surface area contributed by atoms with E-state index < -0.39 is 0 Å². The average Bonchev–Trinajstić information content (AvgIpc) is 2.65. The maximum atomic E-state index is 12.3. The fraction of sp³-hybridized carbons (Fsp3) is 0.350. The number of nitrogens with one attached hydrogen (secondary N) is 1. The number of hydrogen-bond acceptors (Lipinski definition) is 4. The molecule has 0 saturated carbocycles. The van der Waals surface area contributed by atoms with Crippen LogP contribution in [0.1, 0.15) is 47.3 Å². The molecule has 0 bridgehead atoms. The van der Waals surface area contributed by atoms with Gasteiger partial charge in [0.1, 0.15) is 0 Å². The Morgan fingerprint density at radius 2 is 1.60 bits per heavy atom. The van der Waals surface area contributed by atoms with E-state index in [2.05, 4.69) is 31.3 Å². The number of nitrogens with two attached hydrogens (primary N) is 1. The highest BCUT2D eigenvalue weighted by Crippen LogP contribution is 2.27. The van der Waals surface area contributed by atoms with Gasteiger partial charge in [0, 0.05) is 18.2 Å². The first-order chi connectivity index (χ1) is 12.0. The maximum Gasteiger partial charge on any atom is 0.251 e. The maximum absolute atomic E-state index is 12.3. The second kappa shape index (κ2) is 8.53. The van der Waals surface area contributed by atoms with Gasteiger partial charge in [-0.15, -0.1) is 0 Å². The molecule has 0 saturated heterocycles. The number of ether oxygens (including phenoxy) is 2. The van der Waals surface area contributed by atoms with Crippen LogP contribution in [0.4, 0.5) is 0 Å². The lowest BCUT2D eigenvalue weighted by atomic mass is 9.99. The van der Waals surface area contributed by atoms with Crippen molar-refractivity contribution in [1.82, 2.24) is 5.32 Å². The Kier molecular flexibility index (Phi) is 6.42. The highest BCUT2D eigenvalue weighted by atomic mass is 16.5. The van der Waals surface area contributed by atoms with Crippen molar-refractivity contribution < 1.29 is 14.3 Å². The van der Waals surface area contributed by atoms with Crippen LogP contribution in [0, 0.1) is 0 Å². The lowest BCUT2D eigenvalue weighted by Gasteiger charge is -2.15. The van der Waals surface area contributed by atoms with Gasteiger partial charge in [-0.05, 0) is 35.2 Å². The zero-order valence-corrected chi connectivity index (χ0v) is 15.2. The molecule has 134 valence electrons. The van der Waals surface area contributed by atoms with Crippen molar-refractivity contribution in [2.24, 2.45) is 5.73 Å². The van der Waals surface area contributed by atoms with Gasteiger partial charge >= 0.3 is 0 Å². The average molecular weight is 342 g/mol. The van der Waals surface area contributed by atoms with Crippen LogP contribution in [-0.4, -0.2) is 26.7 Å². The lowest BCUT2D eigenvalue weighted by Crippen LogP contribution is -2.31. The minimum Gasteiger partial charge on any atom is -0.493 e. The summed E-state index contributed by atoms with van der Waals surface area (Å²) >= 11 is 0. The van der Waals surface area contributed by atoms with Gasteiger partial charge in [-0.3, -0.25) is 4.79 Å². The molecule has 5 nitrogen and oxygen atoms in total. The quantitative estimate of drug-likeness (QED) is 0.810. The topological polar surface area (TPSA) is 73.6 Å². The molecule has 3 N–H and O–H groups in total. The monoisotopic (exact) mass is 342 g/mol. The summed E-state index contributed by atoms with van der Waals surface area (Å²) in [7, 11) is 3.09. The van der Waals surface area contributed by atoms with Crippen molar-refractivity contribution in [3.05, 3.63) is 59.2 Å². The van der Waals surface area contributed by atoms with E-state index in [9.17, 15) is 4.79 Å². The van der Waals surface area contributed by atoms with E-state index in [1.54, 1.807) is 25.3 Å². The Morgan fingerprint density at radius 1 is 1.00 bits per heavy atom. The van der Waals surface area contributed by atoms with Crippen LogP contribution in [0.2, 0.25) is 0 Å². The van der Waals surface area contributed by atoms with Crippen LogP contribution in [0.25, 0.3) is 0 Å². The molecule has 0 aliphatic rings. The predicted octanol–water partition coefficient (Wildman–Crippen LogP) is 3.26. The number of hydrogen-bond donors (Lipinski definition) is 2. The first-order valence-corrected chi connectivity index (χ1v) is 8.32. The van der Waals surface area contributed by atoms with Gasteiger partial charge in [0.15, 0.2) is 11.5 Å². The van der Waals surface area contributed by atoms with E-state index in [1.807, 2.05) is 12.1 Å². The van der Waals surface area contributed by atoms with Crippen LogP contribution < -0.4 is 20.5 Å². The Bertz CT molecular complexity index is 711. The fourth-order valence-corrected chi connectivity index (χ4v) is 2.53. The molecule has 1 amide bonds. The molecule has 0 heterocycles. The minimum atomic E-state index is -0.259. The molecule has 0 radical (unpaired) electrons. The zero-order valence-electron chi connectivity index (χ0n) is 15.2. The fourth-order valence-electron chi connectivity index (χ4n) is 2.53. The Labute approximate surface area is 149 Å². The zero-order chi connectivity index (χ0) is 18.4. The first-order valence-electron chi connectivity index (χ1n) is 8.32. The molecule has 0 fully saturated rings. The van der Waals surface area contributed by atoms with E-state index in [-0.39, 0.29) is 11.9 Å². The predicted molar refractivity (Wildman–Crippen MR) is 99.3 cm³/mol. The summed E-state index contributed by atoms with van der Waals surface area (Å²) in [6.45, 7) is 4.66. The number of carbonyl (C=O) groups is 1. The Morgan fingerprint density at radius 3 is 2.16 bits per heavy atom. The third-order valence-corrected chi connectivity index (χ3v) is 4.16. The van der Waals surface area contributed by atoms with Gasteiger partial charge in [0.25, 0.3) is 5.91 Å². The first kappa shape index (κ1) is 18.8. The van der Waals surface area contributed by atoms with Gasteiger partial charge in [0.05, 0.1) is 14.2 Å². The molecular formula is C20H26N2O3. The molecule has 5 heteroatoms. The highest BCUT2D eigenvalue weighted by molar-refractivity contribution is 5.94. The third-order valence-electron chi connectivity index (χ3n) is 4.16. The van der Waals surface area contributed by atoms with E-state index >= 15 is 0 Å². The molecule has 25 heavy (non-hydrogen) atoms.